The largest absolute Gasteiger partial charge is 0.309 e. The quantitative estimate of drug-likeness (QED) is 0.574. The number of hydrogen-bond acceptors (Lipinski definition) is 4. The standard InChI is InChI=1S/C23H24ClFN4O2/c24-16-7-11-21(26-13-16)28-22(30)20(10-6-15-4-2-1-3-5-15)29-14-27-19-9-8-17(25)12-18(19)23(29)31/h7-9,11-15,20H,1-6,10H2,(H,26,28,30). The van der Waals surface area contributed by atoms with E-state index in [1.165, 1.54) is 48.5 Å². The van der Waals surface area contributed by atoms with E-state index in [2.05, 4.69) is 15.3 Å². The maximum absolute atomic E-state index is 13.7. The van der Waals surface area contributed by atoms with Gasteiger partial charge in [-0.25, -0.2) is 14.4 Å². The Hall–Kier alpha value is -2.80. The van der Waals surface area contributed by atoms with Crippen LogP contribution in [0.5, 0.6) is 0 Å². The molecule has 8 heteroatoms. The van der Waals surface area contributed by atoms with Crippen LogP contribution in [-0.4, -0.2) is 20.4 Å². The van der Waals surface area contributed by atoms with Crippen LogP contribution in [0.15, 0.2) is 47.7 Å². The average molecular weight is 443 g/mol. The number of pyridine rings is 1. The second-order valence-electron chi connectivity index (χ2n) is 8.07. The maximum atomic E-state index is 13.7. The van der Waals surface area contributed by atoms with E-state index in [0.717, 1.165) is 25.3 Å². The van der Waals surface area contributed by atoms with Gasteiger partial charge in [-0.2, -0.15) is 0 Å². The Bertz CT molecular complexity index is 1130. The molecule has 2 aromatic heterocycles. The van der Waals surface area contributed by atoms with E-state index in [1.54, 1.807) is 12.1 Å². The zero-order valence-corrected chi connectivity index (χ0v) is 17.8. The van der Waals surface area contributed by atoms with Gasteiger partial charge in [-0.15, -0.1) is 0 Å². The number of aromatic nitrogens is 3. The van der Waals surface area contributed by atoms with E-state index in [1.807, 2.05) is 0 Å². The first kappa shape index (κ1) is 21.4. The molecule has 162 valence electrons. The first-order valence-electron chi connectivity index (χ1n) is 10.6. The van der Waals surface area contributed by atoms with Gasteiger partial charge in [0, 0.05) is 6.20 Å². The highest BCUT2D eigenvalue weighted by atomic mass is 35.5. The van der Waals surface area contributed by atoms with Crippen LogP contribution >= 0.6 is 11.6 Å². The van der Waals surface area contributed by atoms with Crippen LogP contribution in [0.2, 0.25) is 5.02 Å². The second kappa shape index (κ2) is 9.56. The zero-order chi connectivity index (χ0) is 21.8. The molecule has 2 heterocycles. The number of rotatable bonds is 6. The molecule has 0 saturated heterocycles. The molecule has 1 aliphatic rings. The highest BCUT2D eigenvalue weighted by Crippen LogP contribution is 2.30. The molecule has 0 bridgehead atoms. The molecular weight excluding hydrogens is 419 g/mol. The van der Waals surface area contributed by atoms with Crippen molar-refractivity contribution in [2.75, 3.05) is 5.32 Å². The number of anilines is 1. The molecule has 1 atom stereocenters. The number of amides is 1. The van der Waals surface area contributed by atoms with Gasteiger partial charge in [0.25, 0.3) is 5.56 Å². The van der Waals surface area contributed by atoms with Crippen molar-refractivity contribution < 1.29 is 9.18 Å². The number of carbonyl (C=O) groups excluding carboxylic acids is 1. The van der Waals surface area contributed by atoms with Gasteiger partial charge in [-0.3, -0.25) is 14.2 Å². The summed E-state index contributed by atoms with van der Waals surface area (Å²) in [6.45, 7) is 0. The molecule has 31 heavy (non-hydrogen) atoms. The van der Waals surface area contributed by atoms with Gasteiger partial charge in [0.05, 0.1) is 22.3 Å². The highest BCUT2D eigenvalue weighted by molar-refractivity contribution is 6.30. The summed E-state index contributed by atoms with van der Waals surface area (Å²) >= 11 is 5.87. The van der Waals surface area contributed by atoms with Crippen molar-refractivity contribution in [3.63, 3.8) is 0 Å². The normalized spacial score (nSPS) is 15.7. The van der Waals surface area contributed by atoms with Crippen molar-refractivity contribution in [3.05, 3.63) is 64.0 Å². The monoisotopic (exact) mass is 442 g/mol. The predicted molar refractivity (Wildman–Crippen MR) is 119 cm³/mol. The summed E-state index contributed by atoms with van der Waals surface area (Å²) in [6.07, 6.45) is 10.1. The fourth-order valence-electron chi connectivity index (χ4n) is 4.26. The Morgan fingerprint density at radius 1 is 1.19 bits per heavy atom. The maximum Gasteiger partial charge on any atom is 0.262 e. The summed E-state index contributed by atoms with van der Waals surface area (Å²) in [5, 5.41) is 3.39. The van der Waals surface area contributed by atoms with Crippen molar-refractivity contribution in [2.45, 2.75) is 51.0 Å². The molecule has 1 N–H and O–H groups in total. The van der Waals surface area contributed by atoms with Crippen LogP contribution in [0.1, 0.15) is 51.0 Å². The minimum Gasteiger partial charge on any atom is -0.309 e. The minimum atomic E-state index is -0.771. The summed E-state index contributed by atoms with van der Waals surface area (Å²) in [6, 6.07) is 6.36. The molecule has 1 saturated carbocycles. The number of fused-ring (bicyclic) bond motifs is 1. The SMILES string of the molecule is O=C(Nc1ccc(Cl)cn1)C(CCC1CCCCC1)n1cnc2ccc(F)cc2c1=O. The van der Waals surface area contributed by atoms with Crippen LogP contribution in [-0.2, 0) is 4.79 Å². The van der Waals surface area contributed by atoms with E-state index in [0.29, 0.717) is 28.7 Å². The molecule has 1 fully saturated rings. The molecule has 1 amide bonds. The van der Waals surface area contributed by atoms with E-state index in [9.17, 15) is 14.0 Å². The zero-order valence-electron chi connectivity index (χ0n) is 17.1. The fraction of sp³-hybridized carbons (Fsp3) is 0.391. The number of benzene rings is 1. The number of halogens is 2. The average Bonchev–Trinajstić information content (AvgIpc) is 2.78. The second-order valence-corrected chi connectivity index (χ2v) is 8.50. The molecule has 6 nitrogen and oxygen atoms in total. The van der Waals surface area contributed by atoms with Gasteiger partial charge in [-0.05, 0) is 49.1 Å². The topological polar surface area (TPSA) is 76.9 Å². The van der Waals surface area contributed by atoms with Gasteiger partial charge < -0.3 is 5.32 Å². The Labute approximate surface area is 184 Å². The van der Waals surface area contributed by atoms with Crippen molar-refractivity contribution in [2.24, 2.45) is 5.92 Å². The predicted octanol–water partition coefficient (Wildman–Crippen LogP) is 5.12. The van der Waals surface area contributed by atoms with Crippen molar-refractivity contribution >= 4 is 34.2 Å². The molecule has 0 aliphatic heterocycles. The Kier molecular flexibility index (Phi) is 6.61. The summed E-state index contributed by atoms with van der Waals surface area (Å²) < 4.78 is 15.1. The third-order valence-electron chi connectivity index (χ3n) is 5.93. The van der Waals surface area contributed by atoms with Crippen molar-refractivity contribution in [1.29, 1.82) is 0 Å². The smallest absolute Gasteiger partial charge is 0.262 e. The first-order valence-corrected chi connectivity index (χ1v) is 11.0. The lowest BCUT2D eigenvalue weighted by molar-refractivity contribution is -0.119. The fourth-order valence-corrected chi connectivity index (χ4v) is 4.37. The Balaban J connectivity index is 1.64. The molecule has 3 aromatic rings. The molecule has 1 unspecified atom stereocenters. The molecule has 0 radical (unpaired) electrons. The molecule has 1 aromatic carbocycles. The molecular formula is C23H24ClFN4O2. The summed E-state index contributed by atoms with van der Waals surface area (Å²) in [4.78, 5) is 34.7. The summed E-state index contributed by atoms with van der Waals surface area (Å²) in [5.74, 6) is 0.0205. The Morgan fingerprint density at radius 2 is 2.00 bits per heavy atom. The summed E-state index contributed by atoms with van der Waals surface area (Å²) in [7, 11) is 0. The van der Waals surface area contributed by atoms with Crippen LogP contribution < -0.4 is 10.9 Å². The highest BCUT2D eigenvalue weighted by Gasteiger charge is 2.25. The van der Waals surface area contributed by atoms with Crippen LogP contribution in [0, 0.1) is 11.7 Å². The number of carbonyl (C=O) groups is 1. The lowest BCUT2D eigenvalue weighted by atomic mass is 9.85. The minimum absolute atomic E-state index is 0.155. The van der Waals surface area contributed by atoms with E-state index >= 15 is 0 Å². The third-order valence-corrected chi connectivity index (χ3v) is 6.16. The van der Waals surface area contributed by atoms with Gasteiger partial charge in [0.1, 0.15) is 17.7 Å². The van der Waals surface area contributed by atoms with E-state index in [-0.39, 0.29) is 11.3 Å². The lowest BCUT2D eigenvalue weighted by Gasteiger charge is -2.25. The molecule has 0 spiro atoms. The van der Waals surface area contributed by atoms with E-state index < -0.39 is 17.4 Å². The molecule has 1 aliphatic carbocycles. The molecule has 4 rings (SSSR count). The van der Waals surface area contributed by atoms with Crippen molar-refractivity contribution in [1.82, 2.24) is 14.5 Å². The van der Waals surface area contributed by atoms with Crippen LogP contribution in [0.25, 0.3) is 10.9 Å². The van der Waals surface area contributed by atoms with Gasteiger partial charge in [-0.1, -0.05) is 43.7 Å². The van der Waals surface area contributed by atoms with Crippen molar-refractivity contribution in [3.8, 4) is 0 Å². The van der Waals surface area contributed by atoms with Gasteiger partial charge in [0.2, 0.25) is 5.91 Å². The summed E-state index contributed by atoms with van der Waals surface area (Å²) in [5.41, 5.74) is -0.0363. The van der Waals surface area contributed by atoms with Crippen LogP contribution in [0.4, 0.5) is 10.2 Å². The van der Waals surface area contributed by atoms with Gasteiger partial charge in [0.15, 0.2) is 0 Å². The number of nitrogens with zero attached hydrogens (tertiary/aromatic N) is 3. The van der Waals surface area contributed by atoms with Gasteiger partial charge >= 0.3 is 0 Å². The number of nitrogens with one attached hydrogen (secondary N) is 1. The number of hydrogen-bond donors (Lipinski definition) is 1. The van der Waals surface area contributed by atoms with E-state index in [4.69, 9.17) is 11.6 Å². The third kappa shape index (κ3) is 5.10. The Morgan fingerprint density at radius 3 is 2.74 bits per heavy atom. The first-order chi connectivity index (χ1) is 15.0. The van der Waals surface area contributed by atoms with Crippen LogP contribution in [0.3, 0.4) is 0 Å². The lowest BCUT2D eigenvalue weighted by Crippen LogP contribution is -2.34.